The Hall–Kier alpha value is -2.83. The Morgan fingerprint density at radius 3 is 2.42 bits per heavy atom. The number of carbonyl (C=O) groups excluding carboxylic acids is 3. The van der Waals surface area contributed by atoms with E-state index in [1.165, 1.54) is 13.2 Å². The van der Waals surface area contributed by atoms with Gasteiger partial charge < -0.3 is 14.8 Å². The maximum atomic E-state index is 14.2. The van der Waals surface area contributed by atoms with E-state index in [1.807, 2.05) is 0 Å². The number of esters is 2. The number of hydrogen-bond acceptors (Lipinski definition) is 8. The minimum atomic E-state index is -4.14. The van der Waals surface area contributed by atoms with E-state index in [4.69, 9.17) is 4.74 Å². The zero-order valence-corrected chi connectivity index (χ0v) is 18.6. The summed E-state index contributed by atoms with van der Waals surface area (Å²) in [5.74, 6) is -3.37. The van der Waals surface area contributed by atoms with Crippen molar-refractivity contribution in [3.63, 3.8) is 0 Å². The molecular formula is C19H21FN2O7S2. The van der Waals surface area contributed by atoms with E-state index in [1.54, 1.807) is 19.2 Å². The molecule has 0 aliphatic rings. The van der Waals surface area contributed by atoms with Gasteiger partial charge in [0.25, 0.3) is 5.91 Å². The SMILES string of the molecule is CCN(CC)S(=O)(=O)c1cc(C(=O)OCC(=O)Nc2ccsc2C(=O)OC)ccc1F. The van der Waals surface area contributed by atoms with Gasteiger partial charge >= 0.3 is 11.9 Å². The maximum absolute atomic E-state index is 14.2. The fraction of sp³-hybridized carbons (Fsp3) is 0.316. The van der Waals surface area contributed by atoms with Gasteiger partial charge in [-0.15, -0.1) is 11.3 Å². The van der Waals surface area contributed by atoms with E-state index in [0.717, 1.165) is 33.8 Å². The summed E-state index contributed by atoms with van der Waals surface area (Å²) in [6.45, 7) is 2.76. The number of halogens is 1. The van der Waals surface area contributed by atoms with Gasteiger partial charge in [0.05, 0.1) is 18.4 Å². The molecule has 0 fully saturated rings. The van der Waals surface area contributed by atoms with Crippen molar-refractivity contribution in [2.45, 2.75) is 18.7 Å². The molecule has 1 amide bonds. The molecule has 1 N–H and O–H groups in total. The van der Waals surface area contributed by atoms with Crippen LogP contribution in [-0.4, -0.2) is 57.4 Å². The lowest BCUT2D eigenvalue weighted by molar-refractivity contribution is -0.119. The molecule has 0 atom stereocenters. The molecule has 12 heteroatoms. The third kappa shape index (κ3) is 5.66. The fourth-order valence-electron chi connectivity index (χ4n) is 2.59. The number of carbonyl (C=O) groups is 3. The highest BCUT2D eigenvalue weighted by Gasteiger charge is 2.27. The van der Waals surface area contributed by atoms with E-state index in [0.29, 0.717) is 0 Å². The quantitative estimate of drug-likeness (QED) is 0.557. The van der Waals surface area contributed by atoms with E-state index in [2.05, 4.69) is 10.1 Å². The molecule has 2 aromatic rings. The third-order valence-corrected chi connectivity index (χ3v) is 7.09. The highest BCUT2D eigenvalue weighted by Crippen LogP contribution is 2.23. The Bertz CT molecular complexity index is 1080. The molecule has 1 aromatic carbocycles. The van der Waals surface area contributed by atoms with Gasteiger partial charge in [-0.2, -0.15) is 4.31 Å². The zero-order chi connectivity index (χ0) is 23.2. The Morgan fingerprint density at radius 2 is 1.81 bits per heavy atom. The zero-order valence-electron chi connectivity index (χ0n) is 17.0. The predicted molar refractivity (Wildman–Crippen MR) is 111 cm³/mol. The number of sulfonamides is 1. The highest BCUT2D eigenvalue weighted by molar-refractivity contribution is 7.89. The van der Waals surface area contributed by atoms with Crippen LogP contribution in [0.1, 0.15) is 33.9 Å². The van der Waals surface area contributed by atoms with Crippen LogP contribution in [-0.2, 0) is 24.3 Å². The molecule has 0 unspecified atom stereocenters. The topological polar surface area (TPSA) is 119 Å². The van der Waals surface area contributed by atoms with E-state index < -0.39 is 45.2 Å². The van der Waals surface area contributed by atoms with Crippen LogP contribution >= 0.6 is 11.3 Å². The summed E-state index contributed by atoms with van der Waals surface area (Å²) in [6, 6.07) is 4.27. The van der Waals surface area contributed by atoms with Crippen LogP contribution in [0.15, 0.2) is 34.5 Å². The van der Waals surface area contributed by atoms with Crippen LogP contribution in [0, 0.1) is 5.82 Å². The first kappa shape index (κ1) is 24.4. The number of benzene rings is 1. The van der Waals surface area contributed by atoms with Crippen molar-refractivity contribution < 1.29 is 36.7 Å². The van der Waals surface area contributed by atoms with Crippen molar-refractivity contribution in [3.05, 3.63) is 45.9 Å². The van der Waals surface area contributed by atoms with Crippen LogP contribution < -0.4 is 5.32 Å². The number of thiophene rings is 1. The number of rotatable bonds is 9. The maximum Gasteiger partial charge on any atom is 0.350 e. The van der Waals surface area contributed by atoms with Crippen molar-refractivity contribution in [2.75, 3.05) is 32.1 Å². The standard InChI is InChI=1S/C19H21FN2O7S2/c1-4-22(5-2)31(26,27)15-10-12(6-7-13(15)20)18(24)29-11-16(23)21-14-8-9-30-17(14)19(25)28-3/h6-10H,4-5,11H2,1-3H3,(H,21,23). The normalized spacial score (nSPS) is 11.3. The largest absolute Gasteiger partial charge is 0.465 e. The summed E-state index contributed by atoms with van der Waals surface area (Å²) >= 11 is 1.06. The second kappa shape index (κ2) is 10.5. The number of amides is 1. The summed E-state index contributed by atoms with van der Waals surface area (Å²) in [7, 11) is -2.94. The van der Waals surface area contributed by atoms with Crippen LogP contribution in [0.4, 0.5) is 10.1 Å². The highest BCUT2D eigenvalue weighted by atomic mass is 32.2. The van der Waals surface area contributed by atoms with Crippen molar-refractivity contribution >= 4 is 44.9 Å². The summed E-state index contributed by atoms with van der Waals surface area (Å²) in [5.41, 5.74) is -0.0296. The molecular weight excluding hydrogens is 451 g/mol. The Morgan fingerprint density at radius 1 is 1.13 bits per heavy atom. The van der Waals surface area contributed by atoms with Crippen molar-refractivity contribution in [3.8, 4) is 0 Å². The molecule has 0 aliphatic carbocycles. The van der Waals surface area contributed by atoms with Gasteiger partial charge in [-0.25, -0.2) is 22.4 Å². The van der Waals surface area contributed by atoms with Crippen molar-refractivity contribution in [1.82, 2.24) is 4.31 Å². The van der Waals surface area contributed by atoms with Crippen LogP contribution in [0.3, 0.4) is 0 Å². The fourth-order valence-corrected chi connectivity index (χ4v) is 4.90. The molecule has 0 saturated carbocycles. The first-order chi connectivity index (χ1) is 14.6. The lowest BCUT2D eigenvalue weighted by atomic mass is 10.2. The van der Waals surface area contributed by atoms with Gasteiger partial charge in [-0.05, 0) is 29.6 Å². The number of methoxy groups -OCH3 is 1. The minimum absolute atomic E-state index is 0.128. The molecule has 1 heterocycles. The molecule has 0 bridgehead atoms. The average molecular weight is 473 g/mol. The Kier molecular flexibility index (Phi) is 8.25. The van der Waals surface area contributed by atoms with Gasteiger partial charge in [-0.1, -0.05) is 13.8 Å². The number of ether oxygens (including phenoxy) is 2. The second-order valence-corrected chi connectivity index (χ2v) is 8.84. The predicted octanol–water partition coefficient (Wildman–Crippen LogP) is 2.50. The van der Waals surface area contributed by atoms with Gasteiger partial charge in [-0.3, -0.25) is 4.79 Å². The first-order valence-electron chi connectivity index (χ1n) is 9.08. The molecule has 0 saturated heterocycles. The molecule has 2 rings (SSSR count). The molecule has 9 nitrogen and oxygen atoms in total. The van der Waals surface area contributed by atoms with E-state index in [-0.39, 0.29) is 29.2 Å². The van der Waals surface area contributed by atoms with E-state index >= 15 is 0 Å². The van der Waals surface area contributed by atoms with Gasteiger partial charge in [0, 0.05) is 13.1 Å². The minimum Gasteiger partial charge on any atom is -0.465 e. The average Bonchev–Trinajstić information content (AvgIpc) is 3.20. The number of nitrogens with one attached hydrogen (secondary N) is 1. The molecule has 168 valence electrons. The Labute approximate surface area is 182 Å². The monoisotopic (exact) mass is 472 g/mol. The summed E-state index contributed by atoms with van der Waals surface area (Å²) in [4.78, 5) is 35.5. The number of anilines is 1. The van der Waals surface area contributed by atoms with Gasteiger partial charge in [0.1, 0.15) is 15.6 Å². The molecule has 31 heavy (non-hydrogen) atoms. The number of nitrogens with zero attached hydrogens (tertiary/aromatic N) is 1. The van der Waals surface area contributed by atoms with Crippen LogP contribution in [0.25, 0.3) is 0 Å². The Balaban J connectivity index is 2.10. The first-order valence-corrected chi connectivity index (χ1v) is 11.4. The van der Waals surface area contributed by atoms with E-state index in [9.17, 15) is 27.2 Å². The lowest BCUT2D eigenvalue weighted by Gasteiger charge is -2.19. The molecule has 1 aromatic heterocycles. The van der Waals surface area contributed by atoms with Crippen molar-refractivity contribution in [1.29, 1.82) is 0 Å². The summed E-state index contributed by atoms with van der Waals surface area (Å²) < 4.78 is 49.9. The number of hydrogen-bond donors (Lipinski definition) is 1. The third-order valence-electron chi connectivity index (χ3n) is 4.13. The van der Waals surface area contributed by atoms with Crippen LogP contribution in [0.5, 0.6) is 0 Å². The van der Waals surface area contributed by atoms with Crippen molar-refractivity contribution in [2.24, 2.45) is 0 Å². The molecule has 0 spiro atoms. The second-order valence-electron chi connectivity index (χ2n) is 6.01. The summed E-state index contributed by atoms with van der Waals surface area (Å²) in [5, 5.41) is 3.99. The van der Waals surface area contributed by atoms with Gasteiger partial charge in [0.15, 0.2) is 6.61 Å². The summed E-state index contributed by atoms with van der Waals surface area (Å²) in [6.07, 6.45) is 0. The van der Waals surface area contributed by atoms with Crippen LogP contribution in [0.2, 0.25) is 0 Å². The molecule has 0 radical (unpaired) electrons. The molecule has 0 aliphatic heterocycles. The lowest BCUT2D eigenvalue weighted by Crippen LogP contribution is -2.31. The van der Waals surface area contributed by atoms with Gasteiger partial charge in [0.2, 0.25) is 10.0 Å². The smallest absolute Gasteiger partial charge is 0.350 e.